The van der Waals surface area contributed by atoms with E-state index in [2.05, 4.69) is 4.98 Å². The van der Waals surface area contributed by atoms with Gasteiger partial charge in [-0.2, -0.15) is 0 Å². The molecule has 0 saturated heterocycles. The molecule has 110 valence electrons. The third-order valence-electron chi connectivity index (χ3n) is 4.29. The molecule has 1 N–H and O–H groups in total. The summed E-state index contributed by atoms with van der Waals surface area (Å²) in [4.78, 5) is 28.0. The molecule has 1 aliphatic carbocycles. The maximum absolute atomic E-state index is 12.4. The minimum Gasteiger partial charge on any atom is -0.468 e. The zero-order valence-electron chi connectivity index (χ0n) is 12.1. The Hall–Kier alpha value is -2.30. The first-order valence-corrected chi connectivity index (χ1v) is 6.92. The minimum absolute atomic E-state index is 0.395. The lowest BCUT2D eigenvalue weighted by molar-refractivity contribution is -0.163. The number of hydrogen-bond donors (Lipinski definition) is 1. The third kappa shape index (κ3) is 1.77. The zero-order valence-corrected chi connectivity index (χ0v) is 12.1. The van der Waals surface area contributed by atoms with Gasteiger partial charge in [0.2, 0.25) is 5.41 Å². The van der Waals surface area contributed by atoms with Crippen LogP contribution in [0.2, 0.25) is 0 Å². The van der Waals surface area contributed by atoms with E-state index < -0.39 is 17.4 Å². The van der Waals surface area contributed by atoms with Crippen LogP contribution in [-0.4, -0.2) is 31.1 Å². The van der Waals surface area contributed by atoms with Gasteiger partial charge in [-0.15, -0.1) is 0 Å². The molecule has 2 aromatic rings. The number of aryl methyl sites for hydroxylation is 1. The molecule has 0 saturated carbocycles. The SMILES string of the molecule is COC(=O)C1(C(=O)OC)CCCc2c1[nH]c1ccccc21. The predicted octanol–water partition coefficient (Wildman–Crippen LogP) is 2.09. The van der Waals surface area contributed by atoms with Crippen molar-refractivity contribution in [2.45, 2.75) is 24.7 Å². The molecule has 1 heterocycles. The summed E-state index contributed by atoms with van der Waals surface area (Å²) in [7, 11) is 2.59. The van der Waals surface area contributed by atoms with Crippen molar-refractivity contribution in [3.8, 4) is 0 Å². The summed E-state index contributed by atoms with van der Waals surface area (Å²) < 4.78 is 9.82. The molecular weight excluding hydrogens is 270 g/mol. The Bertz CT molecular complexity index is 700. The molecule has 1 aromatic carbocycles. The monoisotopic (exact) mass is 287 g/mol. The van der Waals surface area contributed by atoms with Crippen molar-refractivity contribution in [3.05, 3.63) is 35.5 Å². The van der Waals surface area contributed by atoms with Gasteiger partial charge in [-0.3, -0.25) is 9.59 Å². The second-order valence-electron chi connectivity index (χ2n) is 5.27. The van der Waals surface area contributed by atoms with Crippen LogP contribution in [0.15, 0.2) is 24.3 Å². The number of fused-ring (bicyclic) bond motifs is 3. The molecule has 0 unspecified atom stereocenters. The molecule has 21 heavy (non-hydrogen) atoms. The molecule has 1 aromatic heterocycles. The summed E-state index contributed by atoms with van der Waals surface area (Å²) in [5, 5.41) is 1.05. The Balaban J connectivity index is 2.30. The number of ether oxygens (including phenoxy) is 2. The van der Waals surface area contributed by atoms with Crippen molar-refractivity contribution in [1.29, 1.82) is 0 Å². The topological polar surface area (TPSA) is 68.4 Å². The van der Waals surface area contributed by atoms with Gasteiger partial charge in [0.25, 0.3) is 0 Å². The summed E-state index contributed by atoms with van der Waals surface area (Å²) in [5.41, 5.74) is 1.17. The maximum atomic E-state index is 12.4. The molecule has 1 aliphatic rings. The summed E-state index contributed by atoms with van der Waals surface area (Å²) in [6, 6.07) is 7.80. The summed E-state index contributed by atoms with van der Waals surface area (Å²) in [6.07, 6.45) is 1.96. The van der Waals surface area contributed by atoms with Gasteiger partial charge in [-0.05, 0) is 30.9 Å². The molecule has 0 bridgehead atoms. The summed E-state index contributed by atoms with van der Waals surface area (Å²) >= 11 is 0. The molecule has 0 aliphatic heterocycles. The van der Waals surface area contributed by atoms with Crippen LogP contribution in [0.1, 0.15) is 24.1 Å². The van der Waals surface area contributed by atoms with E-state index in [-0.39, 0.29) is 0 Å². The van der Waals surface area contributed by atoms with E-state index in [1.54, 1.807) is 0 Å². The Morgan fingerprint density at radius 3 is 2.48 bits per heavy atom. The normalized spacial score (nSPS) is 16.3. The number of para-hydroxylation sites is 1. The fourth-order valence-corrected chi connectivity index (χ4v) is 3.32. The largest absolute Gasteiger partial charge is 0.468 e. The van der Waals surface area contributed by atoms with Crippen LogP contribution in [0.25, 0.3) is 10.9 Å². The number of rotatable bonds is 2. The first-order chi connectivity index (χ1) is 10.1. The summed E-state index contributed by atoms with van der Waals surface area (Å²) in [5.74, 6) is -1.14. The maximum Gasteiger partial charge on any atom is 0.329 e. The van der Waals surface area contributed by atoms with Crippen molar-refractivity contribution in [3.63, 3.8) is 0 Å². The van der Waals surface area contributed by atoms with Crippen molar-refractivity contribution in [1.82, 2.24) is 4.98 Å². The van der Waals surface area contributed by atoms with Crippen molar-refractivity contribution in [2.75, 3.05) is 14.2 Å². The van der Waals surface area contributed by atoms with E-state index in [9.17, 15) is 9.59 Å². The molecule has 5 heteroatoms. The number of carbonyl (C=O) groups is 2. The number of benzene rings is 1. The highest BCUT2D eigenvalue weighted by Gasteiger charge is 2.53. The lowest BCUT2D eigenvalue weighted by Gasteiger charge is -2.31. The van der Waals surface area contributed by atoms with Crippen LogP contribution in [0.4, 0.5) is 0 Å². The van der Waals surface area contributed by atoms with Crippen LogP contribution in [0.3, 0.4) is 0 Å². The summed E-state index contributed by atoms with van der Waals surface area (Å²) in [6.45, 7) is 0. The van der Waals surface area contributed by atoms with Gasteiger partial charge in [0.15, 0.2) is 0 Å². The number of carbonyl (C=O) groups excluding carboxylic acids is 2. The molecule has 0 spiro atoms. The average Bonchev–Trinajstić information content (AvgIpc) is 2.92. The lowest BCUT2D eigenvalue weighted by atomic mass is 9.73. The van der Waals surface area contributed by atoms with E-state index >= 15 is 0 Å². The number of H-pyrrole nitrogens is 1. The van der Waals surface area contributed by atoms with Crippen molar-refractivity contribution in [2.24, 2.45) is 0 Å². The average molecular weight is 287 g/mol. The Kier molecular flexibility index (Phi) is 3.20. The predicted molar refractivity (Wildman–Crippen MR) is 76.9 cm³/mol. The van der Waals surface area contributed by atoms with Gasteiger partial charge >= 0.3 is 11.9 Å². The third-order valence-corrected chi connectivity index (χ3v) is 4.29. The molecule has 5 nitrogen and oxygen atoms in total. The van der Waals surface area contributed by atoms with Crippen LogP contribution >= 0.6 is 0 Å². The molecule has 0 amide bonds. The van der Waals surface area contributed by atoms with E-state index in [1.165, 1.54) is 14.2 Å². The van der Waals surface area contributed by atoms with Gasteiger partial charge in [0, 0.05) is 16.6 Å². The van der Waals surface area contributed by atoms with Crippen LogP contribution < -0.4 is 0 Å². The molecular formula is C16H17NO4. The highest BCUT2D eigenvalue weighted by molar-refractivity contribution is 6.08. The number of methoxy groups -OCH3 is 2. The second-order valence-corrected chi connectivity index (χ2v) is 5.27. The second kappa shape index (κ2) is 4.91. The minimum atomic E-state index is -1.38. The van der Waals surface area contributed by atoms with Gasteiger partial charge < -0.3 is 14.5 Å². The smallest absolute Gasteiger partial charge is 0.329 e. The number of esters is 2. The van der Waals surface area contributed by atoms with Gasteiger partial charge in [-0.25, -0.2) is 0 Å². The van der Waals surface area contributed by atoms with Gasteiger partial charge in [0.05, 0.1) is 14.2 Å². The van der Waals surface area contributed by atoms with E-state index in [0.717, 1.165) is 29.3 Å². The van der Waals surface area contributed by atoms with E-state index in [0.29, 0.717) is 12.1 Å². The molecule has 0 fully saturated rings. The van der Waals surface area contributed by atoms with Crippen LogP contribution in [0.5, 0.6) is 0 Å². The standard InChI is InChI=1S/C16H17NO4/c1-20-14(18)16(15(19)21-2)9-5-7-11-10-6-3-4-8-12(10)17-13(11)16/h3-4,6,8,17H,5,7,9H2,1-2H3. The van der Waals surface area contributed by atoms with Crippen LogP contribution in [0, 0.1) is 0 Å². The molecule has 3 rings (SSSR count). The van der Waals surface area contributed by atoms with E-state index in [4.69, 9.17) is 9.47 Å². The lowest BCUT2D eigenvalue weighted by Crippen LogP contribution is -2.48. The first-order valence-electron chi connectivity index (χ1n) is 6.92. The number of aromatic nitrogens is 1. The quantitative estimate of drug-likeness (QED) is 0.678. The Morgan fingerprint density at radius 2 is 1.81 bits per heavy atom. The highest BCUT2D eigenvalue weighted by atomic mass is 16.5. The number of aromatic amines is 1. The Labute approximate surface area is 122 Å². The zero-order chi connectivity index (χ0) is 15.0. The van der Waals surface area contributed by atoms with Crippen molar-refractivity contribution < 1.29 is 19.1 Å². The number of nitrogens with one attached hydrogen (secondary N) is 1. The first kappa shape index (κ1) is 13.7. The van der Waals surface area contributed by atoms with Crippen molar-refractivity contribution >= 4 is 22.8 Å². The van der Waals surface area contributed by atoms with Crippen LogP contribution in [-0.2, 0) is 30.9 Å². The number of hydrogen-bond acceptors (Lipinski definition) is 4. The molecule has 0 radical (unpaired) electrons. The fraction of sp³-hybridized carbons (Fsp3) is 0.375. The molecule has 0 atom stereocenters. The Morgan fingerprint density at radius 1 is 1.14 bits per heavy atom. The highest BCUT2D eigenvalue weighted by Crippen LogP contribution is 2.42. The van der Waals surface area contributed by atoms with Gasteiger partial charge in [-0.1, -0.05) is 18.2 Å². The van der Waals surface area contributed by atoms with Gasteiger partial charge in [0.1, 0.15) is 0 Å². The van der Waals surface area contributed by atoms with E-state index in [1.807, 2.05) is 24.3 Å². The fourth-order valence-electron chi connectivity index (χ4n) is 3.32.